The molecule has 2 aliphatic rings. The highest BCUT2D eigenvalue weighted by atomic mass is 32.2. The molecule has 0 unspecified atom stereocenters. The van der Waals surface area contributed by atoms with Crippen LogP contribution in [0.25, 0.3) is 0 Å². The molecule has 0 bridgehead atoms. The summed E-state index contributed by atoms with van der Waals surface area (Å²) in [6.45, 7) is 2.58. The van der Waals surface area contributed by atoms with Crippen molar-refractivity contribution in [1.82, 2.24) is 14.2 Å². The average molecular weight is 484 g/mol. The van der Waals surface area contributed by atoms with E-state index < -0.39 is 27.5 Å². The van der Waals surface area contributed by atoms with Gasteiger partial charge in [0.2, 0.25) is 10.0 Å². The van der Waals surface area contributed by atoms with Gasteiger partial charge in [-0.15, -0.1) is 0 Å². The van der Waals surface area contributed by atoms with E-state index in [4.69, 9.17) is 4.74 Å². The molecule has 2 saturated heterocycles. The molecule has 10 heteroatoms. The molecule has 0 aliphatic carbocycles. The lowest BCUT2D eigenvalue weighted by Crippen LogP contribution is -2.50. The Kier molecular flexibility index (Phi) is 7.25. The number of aromatic nitrogens is 1. The third-order valence-electron chi connectivity index (χ3n) is 6.37. The molecule has 0 atom stereocenters. The number of benzene rings is 1. The van der Waals surface area contributed by atoms with Gasteiger partial charge in [0.15, 0.2) is 0 Å². The van der Waals surface area contributed by atoms with E-state index in [1.165, 1.54) is 16.4 Å². The first-order chi connectivity index (χ1) is 15.7. The first-order valence-corrected chi connectivity index (χ1v) is 12.8. The van der Waals surface area contributed by atoms with Crippen LogP contribution in [0.1, 0.15) is 36.8 Å². The summed E-state index contributed by atoms with van der Waals surface area (Å²) in [5, 5.41) is 0. The molecule has 180 valence electrons. The molecule has 3 heterocycles. The molecule has 4 rings (SSSR count). The van der Waals surface area contributed by atoms with Crippen molar-refractivity contribution < 1.29 is 26.3 Å². The van der Waals surface area contributed by atoms with Crippen molar-refractivity contribution in [2.45, 2.75) is 49.8 Å². The van der Waals surface area contributed by atoms with E-state index in [1.54, 1.807) is 12.4 Å². The SMILES string of the molecule is O=S(=O)(Cc1cccc(C(F)(F)F)c1)N1CCC(N2CCC(Oc3ccncc3)CC2)CC1. The number of sulfonamides is 1. The van der Waals surface area contributed by atoms with E-state index in [0.717, 1.165) is 56.7 Å². The minimum Gasteiger partial charge on any atom is -0.490 e. The van der Waals surface area contributed by atoms with Crippen LogP contribution in [0.4, 0.5) is 13.2 Å². The minimum absolute atomic E-state index is 0.156. The van der Waals surface area contributed by atoms with E-state index in [9.17, 15) is 21.6 Å². The highest BCUT2D eigenvalue weighted by Crippen LogP contribution is 2.30. The third-order valence-corrected chi connectivity index (χ3v) is 8.22. The first kappa shape index (κ1) is 24.0. The summed E-state index contributed by atoms with van der Waals surface area (Å²) in [6, 6.07) is 8.56. The maximum Gasteiger partial charge on any atom is 0.416 e. The summed E-state index contributed by atoms with van der Waals surface area (Å²) in [5.41, 5.74) is -0.673. The van der Waals surface area contributed by atoms with Crippen molar-refractivity contribution in [2.75, 3.05) is 26.2 Å². The summed E-state index contributed by atoms with van der Waals surface area (Å²) in [6.07, 6.45) is 2.35. The normalized spacial score (nSPS) is 20.1. The lowest BCUT2D eigenvalue weighted by Gasteiger charge is -2.41. The monoisotopic (exact) mass is 483 g/mol. The molecular formula is C23H28F3N3O3S. The summed E-state index contributed by atoms with van der Waals surface area (Å²) < 4.78 is 71.9. The summed E-state index contributed by atoms with van der Waals surface area (Å²) in [5.74, 6) is 0.405. The van der Waals surface area contributed by atoms with Crippen molar-refractivity contribution >= 4 is 10.0 Å². The molecule has 0 amide bonds. The van der Waals surface area contributed by atoms with Crippen molar-refractivity contribution in [3.05, 3.63) is 59.9 Å². The average Bonchev–Trinajstić information content (AvgIpc) is 2.80. The topological polar surface area (TPSA) is 62.7 Å². The van der Waals surface area contributed by atoms with Crippen molar-refractivity contribution in [2.24, 2.45) is 0 Å². The van der Waals surface area contributed by atoms with Crippen LogP contribution in [-0.4, -0.2) is 60.9 Å². The molecule has 2 aromatic rings. The van der Waals surface area contributed by atoms with E-state index in [0.29, 0.717) is 19.1 Å². The Bertz CT molecular complexity index is 1020. The maximum absolute atomic E-state index is 12.9. The van der Waals surface area contributed by atoms with Crippen LogP contribution in [0.2, 0.25) is 0 Å². The van der Waals surface area contributed by atoms with Gasteiger partial charge in [0.05, 0.1) is 11.3 Å². The zero-order valence-electron chi connectivity index (χ0n) is 18.2. The Morgan fingerprint density at radius 2 is 1.64 bits per heavy atom. The first-order valence-electron chi connectivity index (χ1n) is 11.2. The molecule has 2 fully saturated rings. The van der Waals surface area contributed by atoms with Crippen LogP contribution < -0.4 is 4.74 Å². The van der Waals surface area contributed by atoms with Gasteiger partial charge < -0.3 is 9.64 Å². The number of hydrogen-bond donors (Lipinski definition) is 0. The number of pyridine rings is 1. The number of rotatable bonds is 6. The molecule has 2 aliphatic heterocycles. The predicted molar refractivity (Wildman–Crippen MR) is 118 cm³/mol. The van der Waals surface area contributed by atoms with Crippen molar-refractivity contribution in [1.29, 1.82) is 0 Å². The fraction of sp³-hybridized carbons (Fsp3) is 0.522. The zero-order valence-corrected chi connectivity index (χ0v) is 19.1. The Morgan fingerprint density at radius 1 is 0.970 bits per heavy atom. The van der Waals surface area contributed by atoms with Crippen LogP contribution in [0, 0.1) is 0 Å². The largest absolute Gasteiger partial charge is 0.490 e. The molecule has 1 aromatic carbocycles. The lowest BCUT2D eigenvalue weighted by atomic mass is 10.00. The fourth-order valence-corrected chi connectivity index (χ4v) is 6.14. The quantitative estimate of drug-likeness (QED) is 0.623. The fourth-order valence-electron chi connectivity index (χ4n) is 4.59. The van der Waals surface area contributed by atoms with Crippen LogP contribution in [0.15, 0.2) is 48.8 Å². The molecule has 0 radical (unpaired) electrons. The second kappa shape index (κ2) is 9.99. The molecule has 0 N–H and O–H groups in total. The minimum atomic E-state index is -4.49. The Balaban J connectivity index is 1.26. The van der Waals surface area contributed by atoms with Crippen molar-refractivity contribution in [3.63, 3.8) is 0 Å². The van der Waals surface area contributed by atoms with Crippen LogP contribution in [0.5, 0.6) is 5.75 Å². The number of likely N-dealkylation sites (tertiary alicyclic amines) is 1. The molecule has 6 nitrogen and oxygen atoms in total. The standard InChI is InChI=1S/C23H28F3N3O3S/c24-23(25,26)19-3-1-2-18(16-19)17-33(30,31)29-14-6-20(7-15-29)28-12-8-22(9-13-28)32-21-4-10-27-11-5-21/h1-5,10-11,16,20,22H,6-9,12-15,17H2. The maximum atomic E-state index is 12.9. The highest BCUT2D eigenvalue weighted by Gasteiger charge is 2.34. The van der Waals surface area contributed by atoms with Crippen LogP contribution in [-0.2, 0) is 22.0 Å². The van der Waals surface area contributed by atoms with Gasteiger partial charge in [-0.2, -0.15) is 13.2 Å². The van der Waals surface area contributed by atoms with Crippen LogP contribution >= 0.6 is 0 Å². The zero-order chi connectivity index (χ0) is 23.5. The summed E-state index contributed by atoms with van der Waals surface area (Å²) >= 11 is 0. The number of halogens is 3. The Morgan fingerprint density at radius 3 is 2.27 bits per heavy atom. The van der Waals surface area contributed by atoms with E-state index in [1.807, 2.05) is 12.1 Å². The number of ether oxygens (including phenoxy) is 1. The van der Waals surface area contributed by atoms with E-state index in [2.05, 4.69) is 9.88 Å². The number of alkyl halides is 3. The van der Waals surface area contributed by atoms with Gasteiger partial charge in [-0.1, -0.05) is 18.2 Å². The molecule has 0 spiro atoms. The smallest absolute Gasteiger partial charge is 0.416 e. The van der Waals surface area contributed by atoms with E-state index in [-0.39, 0.29) is 11.7 Å². The van der Waals surface area contributed by atoms with Gasteiger partial charge in [0, 0.05) is 44.6 Å². The Hall–Kier alpha value is -2.17. The van der Waals surface area contributed by atoms with Gasteiger partial charge in [-0.3, -0.25) is 4.98 Å². The summed E-state index contributed by atoms with van der Waals surface area (Å²) in [4.78, 5) is 6.40. The second-order valence-electron chi connectivity index (χ2n) is 8.62. The van der Waals surface area contributed by atoms with Gasteiger partial charge in [0.1, 0.15) is 11.9 Å². The molecule has 1 aromatic heterocycles. The molecular weight excluding hydrogens is 455 g/mol. The molecule has 0 saturated carbocycles. The van der Waals surface area contributed by atoms with Gasteiger partial charge in [0.25, 0.3) is 0 Å². The number of nitrogens with zero attached hydrogens (tertiary/aromatic N) is 3. The van der Waals surface area contributed by atoms with Gasteiger partial charge >= 0.3 is 6.18 Å². The lowest BCUT2D eigenvalue weighted by molar-refractivity contribution is -0.137. The third kappa shape index (κ3) is 6.24. The predicted octanol–water partition coefficient (Wildman–Crippen LogP) is 3.94. The molecule has 33 heavy (non-hydrogen) atoms. The summed E-state index contributed by atoms with van der Waals surface area (Å²) in [7, 11) is -3.67. The number of piperidine rings is 2. The van der Waals surface area contributed by atoms with E-state index >= 15 is 0 Å². The van der Waals surface area contributed by atoms with Crippen LogP contribution in [0.3, 0.4) is 0 Å². The highest BCUT2D eigenvalue weighted by molar-refractivity contribution is 7.88. The van der Waals surface area contributed by atoms with Crippen molar-refractivity contribution in [3.8, 4) is 5.75 Å². The van der Waals surface area contributed by atoms with Gasteiger partial charge in [-0.05, 0) is 49.4 Å². The van der Waals surface area contributed by atoms with Gasteiger partial charge in [-0.25, -0.2) is 12.7 Å². The number of hydrogen-bond acceptors (Lipinski definition) is 5. The Labute approximate surface area is 192 Å². The second-order valence-corrected chi connectivity index (χ2v) is 10.6.